The fourth-order valence-electron chi connectivity index (χ4n) is 2.16. The first kappa shape index (κ1) is 16.4. The summed E-state index contributed by atoms with van der Waals surface area (Å²) in [4.78, 5) is 26.0. The molecule has 0 aliphatic carbocycles. The number of hydrogen-bond donors (Lipinski definition) is 1. The molecule has 0 fully saturated rings. The summed E-state index contributed by atoms with van der Waals surface area (Å²) in [5.41, 5.74) is 2.12. The van der Waals surface area contributed by atoms with Gasteiger partial charge in [-0.05, 0) is 24.5 Å². The SMILES string of the molecule is COC(=O)c1cnc(NCCc2ccccc2C)c([N+](=O)[O-])c1. The van der Waals surface area contributed by atoms with Crippen LogP contribution in [0.4, 0.5) is 11.5 Å². The Kier molecular flexibility index (Phi) is 5.24. The maximum Gasteiger partial charge on any atom is 0.339 e. The van der Waals surface area contributed by atoms with Crippen molar-refractivity contribution in [3.8, 4) is 0 Å². The number of rotatable bonds is 6. The zero-order valence-corrected chi connectivity index (χ0v) is 12.9. The number of aryl methyl sites for hydroxylation is 1. The van der Waals surface area contributed by atoms with Crippen LogP contribution in [0.3, 0.4) is 0 Å². The minimum absolute atomic E-state index is 0.0450. The maximum atomic E-state index is 11.4. The van der Waals surface area contributed by atoms with Crippen LogP contribution in [-0.2, 0) is 11.2 Å². The Hall–Kier alpha value is -2.96. The Morgan fingerprint density at radius 3 is 2.78 bits per heavy atom. The highest BCUT2D eigenvalue weighted by molar-refractivity contribution is 5.90. The predicted molar refractivity (Wildman–Crippen MR) is 85.6 cm³/mol. The third-order valence-electron chi connectivity index (χ3n) is 3.43. The van der Waals surface area contributed by atoms with Crippen LogP contribution in [0.15, 0.2) is 36.5 Å². The Labute approximate surface area is 133 Å². The normalized spacial score (nSPS) is 10.2. The molecule has 0 aliphatic heterocycles. The van der Waals surface area contributed by atoms with Gasteiger partial charge in [-0.1, -0.05) is 24.3 Å². The first-order chi connectivity index (χ1) is 11.0. The van der Waals surface area contributed by atoms with Gasteiger partial charge in [0.25, 0.3) is 0 Å². The Balaban J connectivity index is 2.11. The number of ether oxygens (including phenoxy) is 1. The lowest BCUT2D eigenvalue weighted by atomic mass is 10.1. The van der Waals surface area contributed by atoms with E-state index < -0.39 is 10.9 Å². The fraction of sp³-hybridized carbons (Fsp3) is 0.250. The van der Waals surface area contributed by atoms with Gasteiger partial charge >= 0.3 is 11.7 Å². The number of nitrogens with one attached hydrogen (secondary N) is 1. The molecule has 1 aromatic carbocycles. The van der Waals surface area contributed by atoms with E-state index in [4.69, 9.17) is 0 Å². The summed E-state index contributed by atoms with van der Waals surface area (Å²) in [7, 11) is 1.21. The van der Waals surface area contributed by atoms with E-state index in [1.165, 1.54) is 13.3 Å². The van der Waals surface area contributed by atoms with Crippen molar-refractivity contribution in [2.45, 2.75) is 13.3 Å². The second-order valence-corrected chi connectivity index (χ2v) is 4.94. The van der Waals surface area contributed by atoms with Crippen LogP contribution >= 0.6 is 0 Å². The van der Waals surface area contributed by atoms with Gasteiger partial charge in [-0.3, -0.25) is 10.1 Å². The molecule has 1 aromatic heterocycles. The fourth-order valence-corrected chi connectivity index (χ4v) is 2.16. The molecule has 0 bridgehead atoms. The van der Waals surface area contributed by atoms with Crippen LogP contribution in [0.2, 0.25) is 0 Å². The molecule has 0 radical (unpaired) electrons. The number of benzene rings is 1. The molecule has 0 saturated heterocycles. The Morgan fingerprint density at radius 2 is 2.13 bits per heavy atom. The topological polar surface area (TPSA) is 94.4 Å². The Morgan fingerprint density at radius 1 is 1.39 bits per heavy atom. The number of carbonyl (C=O) groups excluding carboxylic acids is 1. The summed E-state index contributed by atoms with van der Waals surface area (Å²) in [5.74, 6) is -0.525. The van der Waals surface area contributed by atoms with Gasteiger partial charge in [-0.15, -0.1) is 0 Å². The summed E-state index contributed by atoms with van der Waals surface area (Å²) >= 11 is 0. The van der Waals surface area contributed by atoms with Gasteiger partial charge in [0.2, 0.25) is 5.82 Å². The van der Waals surface area contributed by atoms with Crippen molar-refractivity contribution >= 4 is 17.5 Å². The minimum Gasteiger partial charge on any atom is -0.465 e. The average Bonchev–Trinajstić information content (AvgIpc) is 2.56. The largest absolute Gasteiger partial charge is 0.465 e. The molecule has 0 aliphatic rings. The van der Waals surface area contributed by atoms with Crippen LogP contribution in [0, 0.1) is 17.0 Å². The zero-order chi connectivity index (χ0) is 16.8. The van der Waals surface area contributed by atoms with Gasteiger partial charge in [0.1, 0.15) is 0 Å². The van der Waals surface area contributed by atoms with Gasteiger partial charge in [0, 0.05) is 18.8 Å². The highest BCUT2D eigenvalue weighted by atomic mass is 16.6. The van der Waals surface area contributed by atoms with Gasteiger partial charge in [0.15, 0.2) is 0 Å². The van der Waals surface area contributed by atoms with Crippen LogP contribution < -0.4 is 5.32 Å². The molecule has 2 rings (SSSR count). The van der Waals surface area contributed by atoms with Crippen LogP contribution in [0.5, 0.6) is 0 Å². The molecule has 0 amide bonds. The molecule has 23 heavy (non-hydrogen) atoms. The molecule has 1 heterocycles. The first-order valence-electron chi connectivity index (χ1n) is 7.04. The molecule has 0 saturated carbocycles. The number of pyridine rings is 1. The monoisotopic (exact) mass is 315 g/mol. The van der Waals surface area contributed by atoms with Crippen molar-refractivity contribution in [2.75, 3.05) is 19.0 Å². The number of nitrogens with zero attached hydrogens (tertiary/aromatic N) is 2. The lowest BCUT2D eigenvalue weighted by molar-refractivity contribution is -0.384. The third-order valence-corrected chi connectivity index (χ3v) is 3.43. The van der Waals surface area contributed by atoms with E-state index in [1.807, 2.05) is 31.2 Å². The van der Waals surface area contributed by atoms with Crippen molar-refractivity contribution in [1.29, 1.82) is 0 Å². The van der Waals surface area contributed by atoms with E-state index in [2.05, 4.69) is 15.0 Å². The van der Waals surface area contributed by atoms with E-state index in [0.717, 1.165) is 17.2 Å². The first-order valence-corrected chi connectivity index (χ1v) is 7.04. The highest BCUT2D eigenvalue weighted by Crippen LogP contribution is 2.23. The number of carbonyl (C=O) groups is 1. The highest BCUT2D eigenvalue weighted by Gasteiger charge is 2.19. The van der Waals surface area contributed by atoms with E-state index in [9.17, 15) is 14.9 Å². The van der Waals surface area contributed by atoms with Crippen molar-refractivity contribution in [1.82, 2.24) is 4.98 Å². The standard InChI is InChI=1S/C16H17N3O4/c1-11-5-3-4-6-12(11)7-8-17-15-14(19(21)22)9-13(10-18-15)16(20)23-2/h3-6,9-10H,7-8H2,1-2H3,(H,17,18). The summed E-state index contributed by atoms with van der Waals surface area (Å²) in [6.07, 6.45) is 1.97. The molecule has 7 nitrogen and oxygen atoms in total. The second-order valence-electron chi connectivity index (χ2n) is 4.94. The molecular weight excluding hydrogens is 298 g/mol. The van der Waals surface area contributed by atoms with E-state index in [0.29, 0.717) is 13.0 Å². The van der Waals surface area contributed by atoms with Gasteiger partial charge in [-0.25, -0.2) is 9.78 Å². The number of nitro groups is 1. The summed E-state index contributed by atoms with van der Waals surface area (Å²) in [6, 6.07) is 9.10. The predicted octanol–water partition coefficient (Wildman–Crippen LogP) is 2.74. The smallest absolute Gasteiger partial charge is 0.339 e. The number of anilines is 1. The van der Waals surface area contributed by atoms with Gasteiger partial charge < -0.3 is 10.1 Å². The molecular formula is C16H17N3O4. The number of methoxy groups -OCH3 is 1. The molecule has 2 aromatic rings. The summed E-state index contributed by atoms with van der Waals surface area (Å²) in [5, 5.41) is 14.1. The number of esters is 1. The van der Waals surface area contributed by atoms with Gasteiger partial charge in [0.05, 0.1) is 17.6 Å². The van der Waals surface area contributed by atoms with E-state index in [-0.39, 0.29) is 17.1 Å². The second kappa shape index (κ2) is 7.35. The number of aromatic nitrogens is 1. The summed E-state index contributed by atoms with van der Waals surface area (Å²) < 4.78 is 4.54. The van der Waals surface area contributed by atoms with Crippen LogP contribution in [0.25, 0.3) is 0 Å². The molecule has 1 N–H and O–H groups in total. The molecule has 120 valence electrons. The van der Waals surface area contributed by atoms with Crippen molar-refractivity contribution < 1.29 is 14.5 Å². The van der Waals surface area contributed by atoms with Gasteiger partial charge in [-0.2, -0.15) is 0 Å². The molecule has 0 spiro atoms. The van der Waals surface area contributed by atoms with E-state index >= 15 is 0 Å². The minimum atomic E-state index is -0.660. The quantitative estimate of drug-likeness (QED) is 0.500. The van der Waals surface area contributed by atoms with E-state index in [1.54, 1.807) is 0 Å². The Bertz CT molecular complexity index is 731. The third kappa shape index (κ3) is 4.03. The average molecular weight is 315 g/mol. The van der Waals surface area contributed by atoms with Crippen molar-refractivity contribution in [2.24, 2.45) is 0 Å². The zero-order valence-electron chi connectivity index (χ0n) is 12.9. The molecule has 0 unspecified atom stereocenters. The maximum absolute atomic E-state index is 11.4. The summed E-state index contributed by atoms with van der Waals surface area (Å²) in [6.45, 7) is 2.51. The lowest BCUT2D eigenvalue weighted by Gasteiger charge is -2.09. The lowest BCUT2D eigenvalue weighted by Crippen LogP contribution is -2.11. The van der Waals surface area contributed by atoms with Crippen LogP contribution in [0.1, 0.15) is 21.5 Å². The van der Waals surface area contributed by atoms with Crippen molar-refractivity contribution in [3.63, 3.8) is 0 Å². The van der Waals surface area contributed by atoms with Crippen molar-refractivity contribution in [3.05, 3.63) is 63.3 Å². The van der Waals surface area contributed by atoms with Crippen LogP contribution in [-0.4, -0.2) is 29.5 Å². The molecule has 0 atom stereocenters. The molecule has 7 heteroatoms. The number of hydrogen-bond acceptors (Lipinski definition) is 6.